The maximum atomic E-state index is 11.5. The number of carbonyl (C=O) groups is 1. The second-order valence-corrected chi connectivity index (χ2v) is 6.45. The van der Waals surface area contributed by atoms with Gasteiger partial charge in [-0.25, -0.2) is 4.79 Å². The first-order valence-corrected chi connectivity index (χ1v) is 8.92. The molecule has 1 aromatic heterocycles. The van der Waals surface area contributed by atoms with E-state index in [4.69, 9.17) is 14.2 Å². The van der Waals surface area contributed by atoms with Crippen LogP contribution in [0.3, 0.4) is 0 Å². The van der Waals surface area contributed by atoms with Crippen LogP contribution >= 0.6 is 11.5 Å². The van der Waals surface area contributed by atoms with Gasteiger partial charge in [-0.2, -0.15) is 4.37 Å². The smallest absolute Gasteiger partial charge is 0.339 e. The van der Waals surface area contributed by atoms with Crippen molar-refractivity contribution in [3.05, 3.63) is 46.8 Å². The molecule has 3 aromatic rings. The van der Waals surface area contributed by atoms with Crippen LogP contribution in [0, 0.1) is 6.92 Å². The highest BCUT2D eigenvalue weighted by Gasteiger charge is 2.18. The molecule has 0 saturated heterocycles. The van der Waals surface area contributed by atoms with E-state index in [9.17, 15) is 9.90 Å². The van der Waals surface area contributed by atoms with Gasteiger partial charge in [0.15, 0.2) is 11.5 Å². The zero-order valence-electron chi connectivity index (χ0n) is 15.4. The molecule has 27 heavy (non-hydrogen) atoms. The first kappa shape index (κ1) is 18.7. The predicted molar refractivity (Wildman–Crippen MR) is 104 cm³/mol. The Morgan fingerprint density at radius 2 is 1.74 bits per heavy atom. The van der Waals surface area contributed by atoms with Gasteiger partial charge in [-0.1, -0.05) is 6.07 Å². The highest BCUT2D eigenvalue weighted by atomic mass is 32.1. The molecule has 0 radical (unpaired) electrons. The molecular weight excluding hydrogens is 366 g/mol. The van der Waals surface area contributed by atoms with Gasteiger partial charge in [0.1, 0.15) is 11.3 Å². The maximum Gasteiger partial charge on any atom is 0.339 e. The number of carboxylic acid groups (broad SMARTS) is 1. The van der Waals surface area contributed by atoms with Crippen LogP contribution in [-0.4, -0.2) is 36.8 Å². The van der Waals surface area contributed by atoms with E-state index in [1.165, 1.54) is 18.6 Å². The van der Waals surface area contributed by atoms with E-state index >= 15 is 0 Å². The van der Waals surface area contributed by atoms with Gasteiger partial charge >= 0.3 is 5.97 Å². The lowest BCUT2D eigenvalue weighted by Crippen LogP contribution is -2.00. The number of methoxy groups -OCH3 is 3. The van der Waals surface area contributed by atoms with Gasteiger partial charge < -0.3 is 19.3 Å². The summed E-state index contributed by atoms with van der Waals surface area (Å²) < 4.78 is 20.5. The molecule has 0 bridgehead atoms. The molecule has 140 valence electrons. The molecule has 6 nitrogen and oxygen atoms in total. The number of benzene rings is 2. The van der Waals surface area contributed by atoms with Crippen LogP contribution < -0.4 is 14.2 Å². The van der Waals surface area contributed by atoms with E-state index in [0.29, 0.717) is 17.2 Å². The number of nitrogens with zero attached hydrogens (tertiary/aromatic N) is 1. The summed E-state index contributed by atoms with van der Waals surface area (Å²) in [7, 11) is 4.64. The summed E-state index contributed by atoms with van der Waals surface area (Å²) >= 11 is 1.31. The third-order valence-corrected chi connectivity index (χ3v) is 4.88. The SMILES string of the molecule is COc1ccc(-c2csnc2-c2cc(C)c(OC)c(OC)c2)cc1C(=O)O. The zero-order valence-corrected chi connectivity index (χ0v) is 16.2. The van der Waals surface area contributed by atoms with E-state index in [1.807, 2.05) is 30.5 Å². The third kappa shape index (κ3) is 3.46. The van der Waals surface area contributed by atoms with Crippen molar-refractivity contribution in [3.63, 3.8) is 0 Å². The van der Waals surface area contributed by atoms with Gasteiger partial charge in [0.05, 0.1) is 27.0 Å². The number of ether oxygens (including phenoxy) is 3. The summed E-state index contributed by atoms with van der Waals surface area (Å²) in [5.41, 5.74) is 4.25. The first-order valence-electron chi connectivity index (χ1n) is 8.09. The summed E-state index contributed by atoms with van der Waals surface area (Å²) in [5.74, 6) is 0.571. The monoisotopic (exact) mass is 385 g/mol. The van der Waals surface area contributed by atoms with Crippen molar-refractivity contribution in [1.29, 1.82) is 0 Å². The van der Waals surface area contributed by atoms with E-state index < -0.39 is 5.97 Å². The number of aromatic carboxylic acids is 1. The average molecular weight is 385 g/mol. The average Bonchev–Trinajstić information content (AvgIpc) is 3.16. The third-order valence-electron chi connectivity index (χ3n) is 4.25. The van der Waals surface area contributed by atoms with Gasteiger partial charge in [-0.05, 0) is 53.8 Å². The fourth-order valence-electron chi connectivity index (χ4n) is 2.98. The molecule has 0 amide bonds. The molecule has 0 unspecified atom stereocenters. The molecule has 1 heterocycles. The maximum absolute atomic E-state index is 11.5. The van der Waals surface area contributed by atoms with Gasteiger partial charge in [-0.15, -0.1) is 0 Å². The van der Waals surface area contributed by atoms with Crippen molar-refractivity contribution in [2.75, 3.05) is 21.3 Å². The van der Waals surface area contributed by atoms with Crippen LogP contribution in [0.1, 0.15) is 15.9 Å². The van der Waals surface area contributed by atoms with Gasteiger partial charge in [0, 0.05) is 16.5 Å². The molecule has 1 N–H and O–H groups in total. The second kappa shape index (κ2) is 7.67. The van der Waals surface area contributed by atoms with Crippen LogP contribution in [-0.2, 0) is 0 Å². The molecule has 0 aliphatic rings. The largest absolute Gasteiger partial charge is 0.496 e. The molecule has 3 rings (SSSR count). The fourth-order valence-corrected chi connectivity index (χ4v) is 3.70. The first-order chi connectivity index (χ1) is 13.0. The van der Waals surface area contributed by atoms with Crippen molar-refractivity contribution in [3.8, 4) is 39.6 Å². The Bertz CT molecular complexity index is 996. The van der Waals surface area contributed by atoms with Gasteiger partial charge in [0.2, 0.25) is 0 Å². The zero-order chi connectivity index (χ0) is 19.6. The number of rotatable bonds is 6. The lowest BCUT2D eigenvalue weighted by Gasteiger charge is -2.13. The van der Waals surface area contributed by atoms with E-state index in [2.05, 4.69) is 4.37 Å². The Hall–Kier alpha value is -3.06. The van der Waals surface area contributed by atoms with Crippen molar-refractivity contribution >= 4 is 17.5 Å². The molecule has 0 spiro atoms. The normalized spacial score (nSPS) is 10.5. The van der Waals surface area contributed by atoms with Gasteiger partial charge in [0.25, 0.3) is 0 Å². The van der Waals surface area contributed by atoms with E-state index in [0.717, 1.165) is 27.9 Å². The Morgan fingerprint density at radius 3 is 2.37 bits per heavy atom. The van der Waals surface area contributed by atoms with Crippen molar-refractivity contribution in [2.24, 2.45) is 0 Å². The molecule has 0 aliphatic carbocycles. The summed E-state index contributed by atoms with van der Waals surface area (Å²) in [6.45, 7) is 1.94. The van der Waals surface area contributed by atoms with Crippen LogP contribution in [0.25, 0.3) is 22.4 Å². The number of carboxylic acids is 1. The lowest BCUT2D eigenvalue weighted by atomic mass is 9.98. The Balaban J connectivity index is 2.14. The lowest BCUT2D eigenvalue weighted by molar-refractivity contribution is 0.0693. The van der Waals surface area contributed by atoms with Crippen LogP contribution in [0.15, 0.2) is 35.7 Å². The number of aryl methyl sites for hydroxylation is 1. The highest BCUT2D eigenvalue weighted by molar-refractivity contribution is 7.04. The van der Waals surface area contributed by atoms with Crippen LogP contribution in [0.4, 0.5) is 0 Å². The summed E-state index contributed by atoms with van der Waals surface area (Å²) in [6, 6.07) is 8.92. The molecular formula is C20H19NO5S. The summed E-state index contributed by atoms with van der Waals surface area (Å²) in [4.78, 5) is 11.5. The van der Waals surface area contributed by atoms with E-state index in [1.54, 1.807) is 26.4 Å². The molecule has 0 fully saturated rings. The van der Waals surface area contributed by atoms with E-state index in [-0.39, 0.29) is 5.56 Å². The molecule has 0 aliphatic heterocycles. The standard InChI is InChI=1S/C20H19NO5S/c1-11-7-13(9-17(25-3)19(11)26-4)18-15(10-27-21-18)12-5-6-16(24-2)14(8-12)20(22)23/h5-10H,1-4H3,(H,22,23). The molecule has 0 saturated carbocycles. The summed E-state index contributed by atoms with van der Waals surface area (Å²) in [6.07, 6.45) is 0. The number of hydrogen-bond donors (Lipinski definition) is 1. The fraction of sp³-hybridized carbons (Fsp3) is 0.200. The highest BCUT2D eigenvalue weighted by Crippen LogP contribution is 2.40. The number of hydrogen-bond acceptors (Lipinski definition) is 6. The van der Waals surface area contributed by atoms with Crippen LogP contribution in [0.2, 0.25) is 0 Å². The number of aromatic nitrogens is 1. The predicted octanol–water partition coefficient (Wildman–Crippen LogP) is 4.51. The summed E-state index contributed by atoms with van der Waals surface area (Å²) in [5, 5.41) is 11.3. The van der Waals surface area contributed by atoms with Crippen LogP contribution in [0.5, 0.6) is 17.2 Å². The second-order valence-electron chi connectivity index (χ2n) is 5.83. The molecule has 7 heteroatoms. The van der Waals surface area contributed by atoms with Crippen molar-refractivity contribution in [1.82, 2.24) is 4.37 Å². The molecule has 0 atom stereocenters. The van der Waals surface area contributed by atoms with Crippen molar-refractivity contribution < 1.29 is 24.1 Å². The topological polar surface area (TPSA) is 77.9 Å². The minimum absolute atomic E-state index is 0.107. The van der Waals surface area contributed by atoms with Crippen molar-refractivity contribution in [2.45, 2.75) is 6.92 Å². The molecule has 2 aromatic carbocycles. The Kier molecular flexibility index (Phi) is 5.32. The van der Waals surface area contributed by atoms with Gasteiger partial charge in [-0.3, -0.25) is 0 Å². The Morgan fingerprint density at radius 1 is 1.00 bits per heavy atom. The Labute approximate surface area is 161 Å². The minimum Gasteiger partial charge on any atom is -0.496 e. The minimum atomic E-state index is -1.04. The quantitative estimate of drug-likeness (QED) is 0.673.